The van der Waals surface area contributed by atoms with Crippen molar-refractivity contribution >= 4 is 11.3 Å². The highest BCUT2D eigenvalue weighted by atomic mass is 32.1. The smallest absolute Gasteiger partial charge is 0.0934 e. The zero-order valence-corrected chi connectivity index (χ0v) is 11.9. The summed E-state index contributed by atoms with van der Waals surface area (Å²) < 4.78 is 0. The fourth-order valence-electron chi connectivity index (χ4n) is 2.14. The van der Waals surface area contributed by atoms with Gasteiger partial charge >= 0.3 is 0 Å². The summed E-state index contributed by atoms with van der Waals surface area (Å²) in [6, 6.07) is 0. The van der Waals surface area contributed by atoms with Crippen LogP contribution in [0.1, 0.15) is 29.4 Å². The van der Waals surface area contributed by atoms with Crippen LogP contribution in [0.4, 0.5) is 0 Å². The Kier molecular flexibility index (Phi) is 4.54. The molecule has 3 nitrogen and oxygen atoms in total. The SMILES string of the molecule is Cc1nc(CC(C)C)sc1CN1CCNCC1. The lowest BCUT2D eigenvalue weighted by Gasteiger charge is -2.26. The van der Waals surface area contributed by atoms with Crippen LogP contribution in [0.15, 0.2) is 0 Å². The molecule has 2 heterocycles. The molecule has 0 unspecified atom stereocenters. The van der Waals surface area contributed by atoms with Crippen LogP contribution in [0, 0.1) is 12.8 Å². The summed E-state index contributed by atoms with van der Waals surface area (Å²) in [7, 11) is 0. The van der Waals surface area contributed by atoms with Crippen LogP contribution >= 0.6 is 11.3 Å². The average molecular weight is 253 g/mol. The van der Waals surface area contributed by atoms with Crippen LogP contribution in [0.3, 0.4) is 0 Å². The number of aromatic nitrogens is 1. The number of rotatable bonds is 4. The summed E-state index contributed by atoms with van der Waals surface area (Å²) in [5.41, 5.74) is 1.24. The largest absolute Gasteiger partial charge is 0.314 e. The number of nitrogens with zero attached hydrogens (tertiary/aromatic N) is 2. The van der Waals surface area contributed by atoms with Crippen molar-refractivity contribution in [3.63, 3.8) is 0 Å². The van der Waals surface area contributed by atoms with Crippen molar-refractivity contribution in [2.75, 3.05) is 26.2 Å². The van der Waals surface area contributed by atoms with E-state index in [9.17, 15) is 0 Å². The van der Waals surface area contributed by atoms with Crippen molar-refractivity contribution in [2.45, 2.75) is 33.7 Å². The second-order valence-electron chi connectivity index (χ2n) is 5.24. The average Bonchev–Trinajstić information content (AvgIpc) is 2.59. The van der Waals surface area contributed by atoms with Crippen LogP contribution in [0.5, 0.6) is 0 Å². The van der Waals surface area contributed by atoms with Crippen molar-refractivity contribution in [3.8, 4) is 0 Å². The molecular weight excluding hydrogens is 230 g/mol. The van der Waals surface area contributed by atoms with Gasteiger partial charge in [0, 0.05) is 44.0 Å². The molecule has 1 saturated heterocycles. The van der Waals surface area contributed by atoms with Gasteiger partial charge < -0.3 is 5.32 Å². The van der Waals surface area contributed by atoms with Gasteiger partial charge in [0.25, 0.3) is 0 Å². The third kappa shape index (κ3) is 3.76. The molecule has 0 amide bonds. The van der Waals surface area contributed by atoms with E-state index in [1.54, 1.807) is 0 Å². The van der Waals surface area contributed by atoms with E-state index in [0.29, 0.717) is 5.92 Å². The molecule has 0 bridgehead atoms. The Morgan fingerprint density at radius 3 is 2.71 bits per heavy atom. The normalized spacial score (nSPS) is 17.9. The highest BCUT2D eigenvalue weighted by Crippen LogP contribution is 2.22. The minimum Gasteiger partial charge on any atom is -0.314 e. The van der Waals surface area contributed by atoms with Gasteiger partial charge in [-0.3, -0.25) is 4.90 Å². The molecule has 1 aliphatic rings. The zero-order valence-electron chi connectivity index (χ0n) is 11.1. The number of hydrogen-bond donors (Lipinski definition) is 1. The zero-order chi connectivity index (χ0) is 12.3. The summed E-state index contributed by atoms with van der Waals surface area (Å²) in [5.74, 6) is 0.701. The van der Waals surface area contributed by atoms with E-state index in [0.717, 1.165) is 39.1 Å². The van der Waals surface area contributed by atoms with Gasteiger partial charge in [-0.15, -0.1) is 11.3 Å². The maximum Gasteiger partial charge on any atom is 0.0934 e. The Bertz CT molecular complexity index is 354. The first-order valence-corrected chi connectivity index (χ1v) is 7.35. The molecule has 0 spiro atoms. The first kappa shape index (κ1) is 13.0. The van der Waals surface area contributed by atoms with Crippen molar-refractivity contribution in [1.82, 2.24) is 15.2 Å². The fourth-order valence-corrected chi connectivity index (χ4v) is 3.47. The molecule has 1 fully saturated rings. The minimum absolute atomic E-state index is 0.701. The highest BCUT2D eigenvalue weighted by molar-refractivity contribution is 7.11. The maximum atomic E-state index is 4.69. The fraction of sp³-hybridized carbons (Fsp3) is 0.769. The first-order valence-electron chi connectivity index (χ1n) is 6.53. The van der Waals surface area contributed by atoms with Gasteiger partial charge in [-0.2, -0.15) is 0 Å². The molecule has 17 heavy (non-hydrogen) atoms. The summed E-state index contributed by atoms with van der Waals surface area (Å²) in [6.45, 7) is 12.3. The van der Waals surface area contributed by atoms with Crippen molar-refractivity contribution in [1.29, 1.82) is 0 Å². The predicted octanol–water partition coefficient (Wildman–Crippen LogP) is 2.06. The molecule has 1 aliphatic heterocycles. The monoisotopic (exact) mass is 253 g/mol. The van der Waals surface area contributed by atoms with Gasteiger partial charge in [0.15, 0.2) is 0 Å². The third-order valence-corrected chi connectivity index (χ3v) is 4.26. The Morgan fingerprint density at radius 1 is 1.35 bits per heavy atom. The summed E-state index contributed by atoms with van der Waals surface area (Å²) >= 11 is 1.91. The number of hydrogen-bond acceptors (Lipinski definition) is 4. The molecular formula is C13H23N3S. The molecule has 2 rings (SSSR count). The minimum atomic E-state index is 0.701. The topological polar surface area (TPSA) is 28.2 Å². The molecule has 0 aromatic carbocycles. The Balaban J connectivity index is 1.97. The first-order chi connectivity index (χ1) is 8.15. The summed E-state index contributed by atoms with van der Waals surface area (Å²) in [4.78, 5) is 8.68. The molecule has 1 aromatic heterocycles. The van der Waals surface area contributed by atoms with Crippen LogP contribution < -0.4 is 5.32 Å². The van der Waals surface area contributed by atoms with Crippen LogP contribution in [0.25, 0.3) is 0 Å². The number of nitrogens with one attached hydrogen (secondary N) is 1. The van der Waals surface area contributed by atoms with E-state index in [2.05, 4.69) is 31.0 Å². The van der Waals surface area contributed by atoms with E-state index in [1.165, 1.54) is 15.6 Å². The number of thiazole rings is 1. The van der Waals surface area contributed by atoms with Crippen LogP contribution in [-0.2, 0) is 13.0 Å². The Labute approximate surface area is 108 Å². The Morgan fingerprint density at radius 2 is 2.06 bits per heavy atom. The molecule has 0 saturated carbocycles. The highest BCUT2D eigenvalue weighted by Gasteiger charge is 2.14. The van der Waals surface area contributed by atoms with E-state index in [-0.39, 0.29) is 0 Å². The maximum absolute atomic E-state index is 4.69. The van der Waals surface area contributed by atoms with Gasteiger partial charge in [-0.25, -0.2) is 4.98 Å². The second-order valence-corrected chi connectivity index (χ2v) is 6.41. The summed E-state index contributed by atoms with van der Waals surface area (Å²) in [6.07, 6.45) is 1.12. The van der Waals surface area contributed by atoms with Gasteiger partial charge in [0.05, 0.1) is 10.7 Å². The van der Waals surface area contributed by atoms with Gasteiger partial charge in [-0.05, 0) is 12.8 Å². The standard InChI is InChI=1S/C13H23N3S/c1-10(2)8-13-15-11(3)12(17-13)9-16-6-4-14-5-7-16/h10,14H,4-9H2,1-3H3. The summed E-state index contributed by atoms with van der Waals surface area (Å²) in [5, 5.41) is 4.70. The van der Waals surface area contributed by atoms with Crippen LogP contribution in [-0.4, -0.2) is 36.1 Å². The van der Waals surface area contributed by atoms with E-state index in [1.807, 2.05) is 11.3 Å². The molecule has 0 radical (unpaired) electrons. The number of aryl methyl sites for hydroxylation is 1. The molecule has 0 aliphatic carbocycles. The van der Waals surface area contributed by atoms with Gasteiger partial charge in [0.2, 0.25) is 0 Å². The molecule has 4 heteroatoms. The molecule has 1 N–H and O–H groups in total. The van der Waals surface area contributed by atoms with Crippen molar-refractivity contribution in [3.05, 3.63) is 15.6 Å². The predicted molar refractivity (Wildman–Crippen MR) is 73.5 cm³/mol. The van der Waals surface area contributed by atoms with Gasteiger partial charge in [-0.1, -0.05) is 13.8 Å². The lowest BCUT2D eigenvalue weighted by Crippen LogP contribution is -2.42. The lowest BCUT2D eigenvalue weighted by atomic mass is 10.1. The van der Waals surface area contributed by atoms with Crippen molar-refractivity contribution < 1.29 is 0 Å². The quantitative estimate of drug-likeness (QED) is 0.890. The molecule has 1 aromatic rings. The Hall–Kier alpha value is -0.450. The number of piperazine rings is 1. The van der Waals surface area contributed by atoms with Crippen LogP contribution in [0.2, 0.25) is 0 Å². The molecule has 96 valence electrons. The second kappa shape index (κ2) is 5.94. The van der Waals surface area contributed by atoms with Gasteiger partial charge in [0.1, 0.15) is 0 Å². The third-order valence-electron chi connectivity index (χ3n) is 3.10. The van der Waals surface area contributed by atoms with Crippen molar-refractivity contribution in [2.24, 2.45) is 5.92 Å². The van der Waals surface area contributed by atoms with E-state index < -0.39 is 0 Å². The molecule has 0 atom stereocenters. The van der Waals surface area contributed by atoms with E-state index >= 15 is 0 Å². The van der Waals surface area contributed by atoms with E-state index in [4.69, 9.17) is 4.98 Å². The lowest BCUT2D eigenvalue weighted by molar-refractivity contribution is 0.234.